The fraction of sp³-hybridized carbons (Fsp3) is 0.520. The Morgan fingerprint density at radius 2 is 1.88 bits per heavy atom. The number of nitrogens with zero attached hydrogens (tertiary/aromatic N) is 5. The summed E-state index contributed by atoms with van der Waals surface area (Å²) in [7, 11) is 0. The number of carbonyl (C=O) groups is 1. The Bertz CT molecular complexity index is 1120. The molecule has 2 aromatic heterocycles. The second-order valence-electron chi connectivity index (χ2n) is 8.69. The number of piperidine rings is 1. The summed E-state index contributed by atoms with van der Waals surface area (Å²) in [5.41, 5.74) is 11.9. The maximum Gasteiger partial charge on any atom is 0.209 e. The molecule has 1 aromatic carbocycles. The van der Waals surface area contributed by atoms with Gasteiger partial charge in [0, 0.05) is 24.5 Å². The first-order valence-corrected chi connectivity index (χ1v) is 12.9. The summed E-state index contributed by atoms with van der Waals surface area (Å²) >= 11 is 1.71. The molecule has 0 atom stereocenters. The monoisotopic (exact) mass is 466 g/mol. The molecule has 1 aliphatic heterocycles. The minimum atomic E-state index is 0.426. The zero-order valence-corrected chi connectivity index (χ0v) is 20.7. The Kier molecular flexibility index (Phi) is 7.53. The van der Waals surface area contributed by atoms with Crippen LogP contribution in [0.25, 0.3) is 11.2 Å². The van der Waals surface area contributed by atoms with E-state index in [1.165, 1.54) is 40.8 Å². The van der Waals surface area contributed by atoms with E-state index >= 15 is 0 Å². The average Bonchev–Trinajstić information content (AvgIpc) is 3.44. The lowest BCUT2D eigenvalue weighted by Gasteiger charge is -2.29. The number of imidazole rings is 1. The maximum absolute atomic E-state index is 11.0. The number of nitrogens with two attached hydrogens (primary N) is 1. The van der Waals surface area contributed by atoms with E-state index in [9.17, 15) is 4.79 Å². The van der Waals surface area contributed by atoms with E-state index in [0.29, 0.717) is 17.3 Å². The quantitative estimate of drug-likeness (QED) is 0.532. The molecule has 5 rings (SSSR count). The summed E-state index contributed by atoms with van der Waals surface area (Å²) in [6.45, 7) is 8.72. The first-order chi connectivity index (χ1) is 16.1. The van der Waals surface area contributed by atoms with Gasteiger partial charge in [-0.2, -0.15) is 0 Å². The number of likely N-dealkylation sites (tertiary alicyclic amines) is 1. The van der Waals surface area contributed by atoms with Crippen LogP contribution >= 0.6 is 11.8 Å². The predicted molar refractivity (Wildman–Crippen MR) is 133 cm³/mol. The Morgan fingerprint density at radius 3 is 2.61 bits per heavy atom. The Hall–Kier alpha value is -2.61. The van der Waals surface area contributed by atoms with Crippen molar-refractivity contribution >= 4 is 35.2 Å². The molecular weight excluding hydrogens is 432 g/mol. The van der Waals surface area contributed by atoms with E-state index in [2.05, 4.69) is 33.6 Å². The van der Waals surface area contributed by atoms with Gasteiger partial charge < -0.3 is 15.2 Å². The van der Waals surface area contributed by atoms with Gasteiger partial charge in [0.25, 0.3) is 0 Å². The van der Waals surface area contributed by atoms with Crippen molar-refractivity contribution in [3.63, 3.8) is 0 Å². The molecule has 0 bridgehead atoms. The van der Waals surface area contributed by atoms with E-state index in [-0.39, 0.29) is 0 Å². The van der Waals surface area contributed by atoms with Crippen LogP contribution in [-0.2, 0) is 24.2 Å². The zero-order valence-electron chi connectivity index (χ0n) is 19.9. The molecule has 3 aromatic rings. The summed E-state index contributed by atoms with van der Waals surface area (Å²) in [4.78, 5) is 27.6. The number of rotatable bonds is 6. The molecule has 2 N–H and O–H groups in total. The van der Waals surface area contributed by atoms with Gasteiger partial charge in [-0.25, -0.2) is 15.0 Å². The fourth-order valence-corrected chi connectivity index (χ4v) is 5.85. The van der Waals surface area contributed by atoms with Crippen LogP contribution in [0.3, 0.4) is 0 Å². The highest BCUT2D eigenvalue weighted by molar-refractivity contribution is 7.99. The molecule has 0 radical (unpaired) electrons. The fourth-order valence-electron chi connectivity index (χ4n) is 4.81. The standard InChI is InChI=1S/C23H28N6OS.C2H6/c1-15-11-17-3-2-4-18(17)12-19(15)31-23-27-20-21(24)25-13-26-22(20)29(23)10-7-16-5-8-28(14-30)9-6-16;1-2/h11-14,16H,2-10H2,1H3,(H2,24,25,26);1-2H3. The zero-order chi connectivity index (χ0) is 23.4. The molecule has 8 heteroatoms. The van der Waals surface area contributed by atoms with Gasteiger partial charge in [0.15, 0.2) is 22.1 Å². The van der Waals surface area contributed by atoms with Crippen molar-refractivity contribution in [3.8, 4) is 0 Å². The van der Waals surface area contributed by atoms with Crippen LogP contribution in [0.4, 0.5) is 5.82 Å². The van der Waals surface area contributed by atoms with E-state index in [0.717, 1.165) is 62.5 Å². The van der Waals surface area contributed by atoms with Gasteiger partial charge in [-0.15, -0.1) is 0 Å². The van der Waals surface area contributed by atoms with Crippen molar-refractivity contribution < 1.29 is 4.79 Å². The molecule has 7 nitrogen and oxygen atoms in total. The lowest BCUT2D eigenvalue weighted by atomic mass is 9.94. The highest BCUT2D eigenvalue weighted by Crippen LogP contribution is 2.36. The van der Waals surface area contributed by atoms with Gasteiger partial charge in [0.1, 0.15) is 6.33 Å². The highest BCUT2D eigenvalue weighted by Gasteiger charge is 2.22. The third kappa shape index (κ3) is 5.00. The van der Waals surface area contributed by atoms with Crippen molar-refractivity contribution in [2.75, 3.05) is 18.8 Å². The van der Waals surface area contributed by atoms with Crippen LogP contribution in [0.5, 0.6) is 0 Å². The molecule has 0 unspecified atom stereocenters. The first kappa shape index (κ1) is 23.5. The number of anilines is 1. The third-order valence-corrected chi connectivity index (χ3v) is 7.83. The van der Waals surface area contributed by atoms with Crippen LogP contribution in [0.2, 0.25) is 0 Å². The highest BCUT2D eigenvalue weighted by atomic mass is 32.2. The van der Waals surface area contributed by atoms with Crippen molar-refractivity contribution in [1.82, 2.24) is 24.4 Å². The molecule has 1 saturated heterocycles. The Labute approximate surface area is 200 Å². The van der Waals surface area contributed by atoms with Gasteiger partial charge in [0.2, 0.25) is 6.41 Å². The van der Waals surface area contributed by atoms with Crippen LogP contribution in [0, 0.1) is 12.8 Å². The minimum Gasteiger partial charge on any atom is -0.382 e. The normalized spacial score (nSPS) is 15.9. The Morgan fingerprint density at radius 1 is 1.15 bits per heavy atom. The lowest BCUT2D eigenvalue weighted by Crippen LogP contribution is -2.32. The smallest absolute Gasteiger partial charge is 0.209 e. The van der Waals surface area contributed by atoms with Crippen LogP contribution < -0.4 is 5.73 Å². The number of fused-ring (bicyclic) bond motifs is 2. The summed E-state index contributed by atoms with van der Waals surface area (Å²) in [5.74, 6) is 1.03. The molecule has 33 heavy (non-hydrogen) atoms. The van der Waals surface area contributed by atoms with E-state index in [1.807, 2.05) is 18.7 Å². The molecule has 1 amide bonds. The number of nitrogen functional groups attached to an aromatic ring is 1. The van der Waals surface area contributed by atoms with Crippen LogP contribution in [-0.4, -0.2) is 43.9 Å². The van der Waals surface area contributed by atoms with E-state index < -0.39 is 0 Å². The largest absolute Gasteiger partial charge is 0.382 e. The number of amides is 1. The summed E-state index contributed by atoms with van der Waals surface area (Å²) < 4.78 is 2.21. The van der Waals surface area contributed by atoms with Crippen LogP contribution in [0.15, 0.2) is 28.5 Å². The Balaban J connectivity index is 0.00000126. The van der Waals surface area contributed by atoms with Gasteiger partial charge in [-0.05, 0) is 74.1 Å². The van der Waals surface area contributed by atoms with E-state index in [1.54, 1.807) is 11.8 Å². The lowest BCUT2D eigenvalue weighted by molar-refractivity contribution is -0.119. The second-order valence-corrected chi connectivity index (χ2v) is 9.70. The molecule has 0 spiro atoms. The number of hydrogen-bond donors (Lipinski definition) is 1. The number of hydrogen-bond acceptors (Lipinski definition) is 6. The number of benzene rings is 1. The molecular formula is C25H34N6OS. The SMILES string of the molecule is CC.Cc1cc2c(cc1Sc1nc3c(N)ncnc3n1CCC1CCN(C=O)CC1)CCC2. The minimum absolute atomic E-state index is 0.426. The van der Waals surface area contributed by atoms with Gasteiger partial charge in [0.05, 0.1) is 0 Å². The summed E-state index contributed by atoms with van der Waals surface area (Å²) in [6.07, 6.45) is 9.23. The van der Waals surface area contributed by atoms with Gasteiger partial charge in [-0.1, -0.05) is 31.7 Å². The first-order valence-electron chi connectivity index (χ1n) is 12.1. The average molecular weight is 467 g/mol. The van der Waals surface area contributed by atoms with Crippen LogP contribution in [0.1, 0.15) is 56.2 Å². The number of aryl methyl sites for hydroxylation is 4. The molecule has 3 heterocycles. The molecule has 1 fully saturated rings. The van der Waals surface area contributed by atoms with Crippen molar-refractivity contribution in [2.45, 2.75) is 75.9 Å². The third-order valence-electron chi connectivity index (χ3n) is 6.68. The summed E-state index contributed by atoms with van der Waals surface area (Å²) in [5, 5.41) is 0.925. The van der Waals surface area contributed by atoms with Crippen molar-refractivity contribution in [1.29, 1.82) is 0 Å². The molecule has 176 valence electrons. The molecule has 0 saturated carbocycles. The topological polar surface area (TPSA) is 89.9 Å². The predicted octanol–water partition coefficient (Wildman–Crippen LogP) is 4.64. The second kappa shape index (κ2) is 10.5. The van der Waals surface area contributed by atoms with Gasteiger partial charge >= 0.3 is 0 Å². The number of carbonyl (C=O) groups excluding carboxylic acids is 1. The summed E-state index contributed by atoms with van der Waals surface area (Å²) in [6, 6.07) is 4.68. The van der Waals surface area contributed by atoms with Crippen molar-refractivity contribution in [2.24, 2.45) is 5.92 Å². The molecule has 2 aliphatic rings. The van der Waals surface area contributed by atoms with E-state index in [4.69, 9.17) is 10.7 Å². The van der Waals surface area contributed by atoms with Crippen molar-refractivity contribution in [3.05, 3.63) is 35.2 Å². The maximum atomic E-state index is 11.0. The van der Waals surface area contributed by atoms with Gasteiger partial charge in [-0.3, -0.25) is 4.79 Å². The molecule has 1 aliphatic carbocycles. The number of aromatic nitrogens is 4.